The summed E-state index contributed by atoms with van der Waals surface area (Å²) in [5.41, 5.74) is 0.925. The van der Waals surface area contributed by atoms with Gasteiger partial charge >= 0.3 is 0 Å². The van der Waals surface area contributed by atoms with Crippen molar-refractivity contribution in [2.75, 3.05) is 25.0 Å². The molecule has 2 saturated heterocycles. The Morgan fingerprint density at radius 1 is 1.12 bits per heavy atom. The van der Waals surface area contributed by atoms with Gasteiger partial charge in [-0.3, -0.25) is 14.4 Å². The van der Waals surface area contributed by atoms with Crippen LogP contribution in [-0.2, 0) is 11.8 Å². The largest absolute Gasteiger partial charge is 0.338 e. The van der Waals surface area contributed by atoms with Gasteiger partial charge in [-0.05, 0) is 49.3 Å². The first-order valence-electron chi connectivity index (χ1n) is 11.4. The average molecular weight is 516 g/mol. The standard InChI is InChI=1S/C24H30BrN5O3/c1-15-11-16(2)14-29(13-15)23(32)18-12-17(25)6-7-19(18)27-22(31)20-5-4-9-30(20)24(33)21-26-8-10-28(21)3/h6-8,10,12,15-16,20H,4-5,9,11,13-14H2,1-3H3,(H,27,31)/t15-,16+,20-/m0/s1. The summed E-state index contributed by atoms with van der Waals surface area (Å²) in [5.74, 6) is 0.550. The Kier molecular flexibility index (Phi) is 6.88. The number of hydrogen-bond donors (Lipinski definition) is 1. The van der Waals surface area contributed by atoms with Gasteiger partial charge in [0.15, 0.2) is 5.82 Å². The topological polar surface area (TPSA) is 87.5 Å². The number of rotatable bonds is 4. The minimum absolute atomic E-state index is 0.0858. The van der Waals surface area contributed by atoms with E-state index in [1.54, 1.807) is 47.1 Å². The highest BCUT2D eigenvalue weighted by Gasteiger charge is 2.36. The Hall–Kier alpha value is -2.68. The zero-order chi connectivity index (χ0) is 23.7. The molecular weight excluding hydrogens is 486 g/mol. The molecule has 176 valence electrons. The van der Waals surface area contributed by atoms with Gasteiger partial charge in [0.2, 0.25) is 5.91 Å². The molecule has 3 amide bonds. The third-order valence-corrected chi connectivity index (χ3v) is 6.95. The molecule has 0 bridgehead atoms. The molecule has 4 rings (SSSR count). The van der Waals surface area contributed by atoms with Crippen LogP contribution in [0.3, 0.4) is 0 Å². The lowest BCUT2D eigenvalue weighted by atomic mass is 9.91. The Bertz CT molecular complexity index is 1060. The second-order valence-corrected chi connectivity index (χ2v) is 10.3. The van der Waals surface area contributed by atoms with Crippen molar-refractivity contribution >= 4 is 39.3 Å². The smallest absolute Gasteiger partial charge is 0.290 e. The number of carbonyl (C=O) groups is 3. The van der Waals surface area contributed by atoms with Gasteiger partial charge in [-0.25, -0.2) is 4.98 Å². The second-order valence-electron chi connectivity index (χ2n) is 9.35. The summed E-state index contributed by atoms with van der Waals surface area (Å²) in [4.78, 5) is 47.2. The van der Waals surface area contributed by atoms with Crippen molar-refractivity contribution in [1.29, 1.82) is 0 Å². The lowest BCUT2D eigenvalue weighted by Crippen LogP contribution is -2.45. The quantitative estimate of drug-likeness (QED) is 0.674. The van der Waals surface area contributed by atoms with Crippen LogP contribution in [0.25, 0.3) is 0 Å². The number of carbonyl (C=O) groups excluding carboxylic acids is 3. The van der Waals surface area contributed by atoms with E-state index in [-0.39, 0.29) is 17.7 Å². The molecule has 2 fully saturated rings. The summed E-state index contributed by atoms with van der Waals surface area (Å²) >= 11 is 3.46. The molecule has 1 aromatic carbocycles. The number of hydrogen-bond acceptors (Lipinski definition) is 4. The molecule has 2 aromatic rings. The van der Waals surface area contributed by atoms with Gasteiger partial charge in [0.1, 0.15) is 6.04 Å². The number of likely N-dealkylation sites (tertiary alicyclic amines) is 2. The van der Waals surface area contributed by atoms with Crippen molar-refractivity contribution in [3.8, 4) is 0 Å². The van der Waals surface area contributed by atoms with Crippen LogP contribution in [0.4, 0.5) is 5.69 Å². The van der Waals surface area contributed by atoms with E-state index in [0.717, 1.165) is 17.3 Å². The van der Waals surface area contributed by atoms with Gasteiger partial charge in [-0.2, -0.15) is 0 Å². The first kappa shape index (κ1) is 23.5. The van der Waals surface area contributed by atoms with E-state index in [9.17, 15) is 14.4 Å². The Labute approximate surface area is 202 Å². The van der Waals surface area contributed by atoms with Crippen LogP contribution in [0.5, 0.6) is 0 Å². The minimum Gasteiger partial charge on any atom is -0.338 e. The first-order chi connectivity index (χ1) is 15.7. The highest BCUT2D eigenvalue weighted by Crippen LogP contribution is 2.28. The predicted octanol–water partition coefficient (Wildman–Crippen LogP) is 3.54. The van der Waals surface area contributed by atoms with Crippen molar-refractivity contribution < 1.29 is 14.4 Å². The molecule has 2 aliphatic rings. The molecule has 0 aliphatic carbocycles. The first-order valence-corrected chi connectivity index (χ1v) is 12.2. The van der Waals surface area contributed by atoms with Gasteiger partial charge in [0.05, 0.1) is 11.3 Å². The lowest BCUT2D eigenvalue weighted by Gasteiger charge is -2.35. The number of aryl methyl sites for hydroxylation is 1. The van der Waals surface area contributed by atoms with Gasteiger partial charge in [0, 0.05) is 43.5 Å². The summed E-state index contributed by atoms with van der Waals surface area (Å²) in [6.07, 6.45) is 5.70. The number of amides is 3. The van der Waals surface area contributed by atoms with E-state index < -0.39 is 6.04 Å². The van der Waals surface area contributed by atoms with E-state index in [4.69, 9.17) is 0 Å². The maximum absolute atomic E-state index is 13.4. The number of benzene rings is 1. The number of aromatic nitrogens is 2. The number of anilines is 1. The van der Waals surface area contributed by atoms with Crippen LogP contribution in [0, 0.1) is 11.8 Å². The maximum atomic E-state index is 13.4. The molecule has 9 heteroatoms. The number of halogens is 1. The van der Waals surface area contributed by atoms with Crippen LogP contribution in [0.15, 0.2) is 35.1 Å². The van der Waals surface area contributed by atoms with Gasteiger partial charge < -0.3 is 19.7 Å². The molecule has 1 aromatic heterocycles. The van der Waals surface area contributed by atoms with Crippen molar-refractivity contribution in [2.45, 2.75) is 39.2 Å². The SMILES string of the molecule is C[C@@H]1C[C@H](C)CN(C(=O)c2cc(Br)ccc2NC(=O)[C@@H]2CCCN2C(=O)c2nccn2C)C1. The normalized spacial score (nSPS) is 23.0. The molecule has 3 atom stereocenters. The molecule has 33 heavy (non-hydrogen) atoms. The monoisotopic (exact) mass is 515 g/mol. The molecule has 0 saturated carbocycles. The summed E-state index contributed by atoms with van der Waals surface area (Å²) in [7, 11) is 1.76. The maximum Gasteiger partial charge on any atom is 0.290 e. The molecule has 2 aliphatic heterocycles. The third-order valence-electron chi connectivity index (χ3n) is 6.45. The van der Waals surface area contributed by atoms with Crippen molar-refractivity contribution in [3.63, 3.8) is 0 Å². The molecule has 8 nitrogen and oxygen atoms in total. The fourth-order valence-corrected chi connectivity index (χ4v) is 5.36. The van der Waals surface area contributed by atoms with Crippen LogP contribution in [-0.4, -0.2) is 62.7 Å². The summed E-state index contributed by atoms with van der Waals surface area (Å²) < 4.78 is 2.43. The number of nitrogens with zero attached hydrogens (tertiary/aromatic N) is 4. The Balaban J connectivity index is 1.54. The summed E-state index contributed by atoms with van der Waals surface area (Å²) in [6.45, 7) is 6.23. The van der Waals surface area contributed by atoms with Gasteiger partial charge in [-0.15, -0.1) is 0 Å². The van der Waals surface area contributed by atoms with Crippen LogP contribution >= 0.6 is 15.9 Å². The summed E-state index contributed by atoms with van der Waals surface area (Å²) in [5, 5.41) is 2.94. The Morgan fingerprint density at radius 2 is 1.85 bits per heavy atom. The van der Waals surface area contributed by atoms with Crippen LogP contribution in [0.1, 0.15) is 54.1 Å². The highest BCUT2D eigenvalue weighted by molar-refractivity contribution is 9.10. The molecular formula is C24H30BrN5O3. The number of nitrogens with one attached hydrogen (secondary N) is 1. The predicted molar refractivity (Wildman–Crippen MR) is 129 cm³/mol. The zero-order valence-corrected chi connectivity index (χ0v) is 20.8. The van der Waals surface area contributed by atoms with E-state index in [1.807, 2.05) is 4.90 Å². The molecule has 1 N–H and O–H groups in total. The second kappa shape index (κ2) is 9.67. The number of piperidine rings is 1. The lowest BCUT2D eigenvalue weighted by molar-refractivity contribution is -0.119. The van der Waals surface area contributed by atoms with Gasteiger partial charge in [-0.1, -0.05) is 29.8 Å². The fourth-order valence-electron chi connectivity index (χ4n) is 5.00. The highest BCUT2D eigenvalue weighted by atomic mass is 79.9. The molecule has 0 radical (unpaired) electrons. The van der Waals surface area contributed by atoms with Crippen molar-refractivity contribution in [3.05, 3.63) is 46.5 Å². The number of imidazole rings is 1. The van der Waals surface area contributed by atoms with Crippen LogP contribution < -0.4 is 5.32 Å². The fraction of sp³-hybridized carbons (Fsp3) is 0.500. The molecule has 0 spiro atoms. The average Bonchev–Trinajstić information content (AvgIpc) is 3.42. The summed E-state index contributed by atoms with van der Waals surface area (Å²) in [6, 6.07) is 4.70. The van der Waals surface area contributed by atoms with Gasteiger partial charge in [0.25, 0.3) is 11.8 Å². The third kappa shape index (κ3) is 4.98. The molecule has 3 heterocycles. The Morgan fingerprint density at radius 3 is 2.52 bits per heavy atom. The van der Waals surface area contributed by atoms with E-state index >= 15 is 0 Å². The van der Waals surface area contributed by atoms with Crippen molar-refractivity contribution in [1.82, 2.24) is 19.4 Å². The van der Waals surface area contributed by atoms with E-state index in [2.05, 4.69) is 40.1 Å². The van der Waals surface area contributed by atoms with Crippen LogP contribution in [0.2, 0.25) is 0 Å². The minimum atomic E-state index is -0.601. The molecule has 0 unspecified atom stereocenters. The van der Waals surface area contributed by atoms with E-state index in [1.165, 1.54) is 0 Å². The zero-order valence-electron chi connectivity index (χ0n) is 19.3. The van der Waals surface area contributed by atoms with E-state index in [0.29, 0.717) is 55.0 Å². The van der Waals surface area contributed by atoms with Crippen molar-refractivity contribution in [2.24, 2.45) is 18.9 Å².